The minimum atomic E-state index is 0.335. The maximum absolute atomic E-state index is 5.19. The van der Waals surface area contributed by atoms with Gasteiger partial charge in [-0.05, 0) is 50.6 Å². The fourth-order valence-corrected chi connectivity index (χ4v) is 3.03. The zero-order chi connectivity index (χ0) is 13.7. The lowest BCUT2D eigenvalue weighted by atomic mass is 9.93. The maximum Gasteiger partial charge on any atom is 0.118 e. The van der Waals surface area contributed by atoms with E-state index in [0.717, 1.165) is 18.8 Å². The van der Waals surface area contributed by atoms with Gasteiger partial charge in [-0.1, -0.05) is 19.1 Å². The topological polar surface area (TPSA) is 24.5 Å². The van der Waals surface area contributed by atoms with Crippen molar-refractivity contribution in [2.75, 3.05) is 27.2 Å². The second-order valence-corrected chi connectivity index (χ2v) is 5.68. The molecule has 1 N–H and O–H groups in total. The number of nitrogens with zero attached hydrogens (tertiary/aromatic N) is 1. The van der Waals surface area contributed by atoms with Gasteiger partial charge in [-0.3, -0.25) is 0 Å². The van der Waals surface area contributed by atoms with Crippen LogP contribution in [-0.4, -0.2) is 37.7 Å². The number of ether oxygens (including phenoxy) is 1. The molecular formula is C16H26N2O. The predicted molar refractivity (Wildman–Crippen MR) is 79.6 cm³/mol. The highest BCUT2D eigenvalue weighted by Gasteiger charge is 2.32. The Morgan fingerprint density at radius 2 is 2.05 bits per heavy atom. The highest BCUT2D eigenvalue weighted by molar-refractivity contribution is 5.27. The summed E-state index contributed by atoms with van der Waals surface area (Å²) in [5, 5.41) is 3.69. The molecule has 3 nitrogen and oxygen atoms in total. The molecule has 1 aromatic carbocycles. The molecule has 1 heterocycles. The number of hydrogen-bond donors (Lipinski definition) is 1. The number of methoxy groups -OCH3 is 1. The molecule has 1 aromatic rings. The number of hydrogen-bond acceptors (Lipinski definition) is 3. The summed E-state index contributed by atoms with van der Waals surface area (Å²) in [5.74, 6) is 0.925. The van der Waals surface area contributed by atoms with Crippen molar-refractivity contribution in [3.05, 3.63) is 29.8 Å². The molecule has 1 fully saturated rings. The van der Waals surface area contributed by atoms with Crippen LogP contribution in [0.4, 0.5) is 0 Å². The van der Waals surface area contributed by atoms with Crippen molar-refractivity contribution in [1.29, 1.82) is 0 Å². The molecule has 0 bridgehead atoms. The Kier molecular flexibility index (Phi) is 4.83. The third-order valence-electron chi connectivity index (χ3n) is 4.19. The summed E-state index contributed by atoms with van der Waals surface area (Å²) in [4.78, 5) is 2.42. The van der Waals surface area contributed by atoms with Crippen LogP contribution in [0.1, 0.15) is 31.7 Å². The highest BCUT2D eigenvalue weighted by atomic mass is 16.5. The van der Waals surface area contributed by atoms with Crippen molar-refractivity contribution in [1.82, 2.24) is 10.2 Å². The second kappa shape index (κ2) is 6.40. The van der Waals surface area contributed by atoms with Gasteiger partial charge in [0, 0.05) is 18.6 Å². The zero-order valence-electron chi connectivity index (χ0n) is 12.4. The largest absolute Gasteiger partial charge is 0.497 e. The molecule has 106 valence electrons. The van der Waals surface area contributed by atoms with Gasteiger partial charge in [0.15, 0.2) is 0 Å². The number of nitrogens with one attached hydrogen (secondary N) is 1. The Hall–Kier alpha value is -1.06. The SMILES string of the molecule is CCC1(CN(C)Cc2ccc(OC)cc2)CCCN1. The third kappa shape index (κ3) is 3.71. The van der Waals surface area contributed by atoms with Crippen LogP contribution in [0.5, 0.6) is 5.75 Å². The molecular weight excluding hydrogens is 236 g/mol. The van der Waals surface area contributed by atoms with E-state index in [1.165, 1.54) is 31.4 Å². The smallest absolute Gasteiger partial charge is 0.118 e. The van der Waals surface area contributed by atoms with E-state index in [9.17, 15) is 0 Å². The van der Waals surface area contributed by atoms with E-state index in [0.29, 0.717) is 5.54 Å². The van der Waals surface area contributed by atoms with Crippen LogP contribution in [0.3, 0.4) is 0 Å². The van der Waals surface area contributed by atoms with Crippen LogP contribution in [0.25, 0.3) is 0 Å². The first-order valence-electron chi connectivity index (χ1n) is 7.24. The first kappa shape index (κ1) is 14.4. The van der Waals surface area contributed by atoms with Gasteiger partial charge < -0.3 is 15.0 Å². The van der Waals surface area contributed by atoms with Crippen LogP contribution in [0.15, 0.2) is 24.3 Å². The molecule has 1 aliphatic heterocycles. The van der Waals surface area contributed by atoms with Crippen molar-refractivity contribution in [2.24, 2.45) is 0 Å². The standard InChI is InChI=1S/C16H26N2O/c1-4-16(10-5-11-17-16)13-18(2)12-14-6-8-15(19-3)9-7-14/h6-9,17H,4-5,10-13H2,1-3H3. The minimum absolute atomic E-state index is 0.335. The quantitative estimate of drug-likeness (QED) is 0.853. The predicted octanol–water partition coefficient (Wildman–Crippen LogP) is 2.66. The van der Waals surface area contributed by atoms with Gasteiger partial charge in [-0.15, -0.1) is 0 Å². The van der Waals surface area contributed by atoms with E-state index < -0.39 is 0 Å². The van der Waals surface area contributed by atoms with Gasteiger partial charge in [0.1, 0.15) is 5.75 Å². The van der Waals surface area contributed by atoms with E-state index in [4.69, 9.17) is 4.74 Å². The number of likely N-dealkylation sites (N-methyl/N-ethyl adjacent to an activating group) is 1. The van der Waals surface area contributed by atoms with Crippen LogP contribution >= 0.6 is 0 Å². The van der Waals surface area contributed by atoms with E-state index in [2.05, 4.69) is 36.3 Å². The van der Waals surface area contributed by atoms with E-state index in [-0.39, 0.29) is 0 Å². The zero-order valence-corrected chi connectivity index (χ0v) is 12.4. The Morgan fingerprint density at radius 1 is 1.32 bits per heavy atom. The van der Waals surface area contributed by atoms with Crippen molar-refractivity contribution in [3.8, 4) is 5.75 Å². The van der Waals surface area contributed by atoms with Gasteiger partial charge >= 0.3 is 0 Å². The number of rotatable bonds is 6. The summed E-state index contributed by atoms with van der Waals surface area (Å²) in [7, 11) is 3.92. The fourth-order valence-electron chi connectivity index (χ4n) is 3.03. The summed E-state index contributed by atoms with van der Waals surface area (Å²) in [6.45, 7) is 5.58. The summed E-state index contributed by atoms with van der Waals surface area (Å²) >= 11 is 0. The summed E-state index contributed by atoms with van der Waals surface area (Å²) in [6, 6.07) is 8.37. The van der Waals surface area contributed by atoms with Crippen LogP contribution in [-0.2, 0) is 6.54 Å². The van der Waals surface area contributed by atoms with Gasteiger partial charge in [0.2, 0.25) is 0 Å². The van der Waals surface area contributed by atoms with Crippen molar-refractivity contribution >= 4 is 0 Å². The van der Waals surface area contributed by atoms with Crippen LogP contribution in [0, 0.1) is 0 Å². The molecule has 1 unspecified atom stereocenters. The van der Waals surface area contributed by atoms with Gasteiger partial charge in [-0.25, -0.2) is 0 Å². The molecule has 0 aromatic heterocycles. The van der Waals surface area contributed by atoms with Crippen LogP contribution in [0.2, 0.25) is 0 Å². The molecule has 0 amide bonds. The van der Waals surface area contributed by atoms with Gasteiger partial charge in [0.25, 0.3) is 0 Å². The Balaban J connectivity index is 1.90. The molecule has 0 radical (unpaired) electrons. The van der Waals surface area contributed by atoms with E-state index >= 15 is 0 Å². The van der Waals surface area contributed by atoms with E-state index in [1.807, 2.05) is 12.1 Å². The molecule has 0 saturated carbocycles. The second-order valence-electron chi connectivity index (χ2n) is 5.68. The number of benzene rings is 1. The lowest BCUT2D eigenvalue weighted by molar-refractivity contribution is 0.214. The molecule has 0 aliphatic carbocycles. The Morgan fingerprint density at radius 3 is 2.58 bits per heavy atom. The first-order valence-corrected chi connectivity index (χ1v) is 7.24. The molecule has 0 spiro atoms. The highest BCUT2D eigenvalue weighted by Crippen LogP contribution is 2.24. The Bertz CT molecular complexity index is 382. The fraction of sp³-hybridized carbons (Fsp3) is 0.625. The lowest BCUT2D eigenvalue weighted by Crippen LogP contribution is -2.48. The lowest BCUT2D eigenvalue weighted by Gasteiger charge is -2.33. The monoisotopic (exact) mass is 262 g/mol. The summed E-state index contributed by atoms with van der Waals surface area (Å²) < 4.78 is 5.19. The molecule has 1 saturated heterocycles. The molecule has 19 heavy (non-hydrogen) atoms. The summed E-state index contributed by atoms with van der Waals surface area (Å²) in [6.07, 6.45) is 3.82. The van der Waals surface area contributed by atoms with Crippen molar-refractivity contribution in [2.45, 2.75) is 38.3 Å². The molecule has 3 heteroatoms. The van der Waals surface area contributed by atoms with Crippen LogP contribution < -0.4 is 10.1 Å². The molecule has 1 aliphatic rings. The third-order valence-corrected chi connectivity index (χ3v) is 4.19. The molecule has 2 rings (SSSR count). The first-order chi connectivity index (χ1) is 9.17. The van der Waals surface area contributed by atoms with Gasteiger partial charge in [-0.2, -0.15) is 0 Å². The van der Waals surface area contributed by atoms with Crippen molar-refractivity contribution < 1.29 is 4.74 Å². The normalized spacial score (nSPS) is 22.9. The minimum Gasteiger partial charge on any atom is -0.497 e. The van der Waals surface area contributed by atoms with Gasteiger partial charge in [0.05, 0.1) is 7.11 Å². The Labute approximate surface area is 116 Å². The average molecular weight is 262 g/mol. The average Bonchev–Trinajstić information content (AvgIpc) is 2.88. The van der Waals surface area contributed by atoms with E-state index in [1.54, 1.807) is 7.11 Å². The molecule has 1 atom stereocenters. The van der Waals surface area contributed by atoms with Crippen molar-refractivity contribution in [3.63, 3.8) is 0 Å². The summed E-state index contributed by atoms with van der Waals surface area (Å²) in [5.41, 5.74) is 1.67. The maximum atomic E-state index is 5.19.